The molecule has 5 heteroatoms. The van der Waals surface area contributed by atoms with Gasteiger partial charge in [0, 0.05) is 0 Å². The van der Waals surface area contributed by atoms with Crippen molar-refractivity contribution in [3.63, 3.8) is 0 Å². The second kappa shape index (κ2) is 7.31. The molecule has 1 unspecified atom stereocenters. The molecular weight excluding hydrogens is 268 g/mol. The molecule has 1 aromatic carbocycles. The monoisotopic (exact) mass is 292 g/mol. The Morgan fingerprint density at radius 1 is 1.29 bits per heavy atom. The Morgan fingerprint density at radius 3 is 2.67 bits per heavy atom. The van der Waals surface area contributed by atoms with Crippen molar-refractivity contribution in [3.05, 3.63) is 23.8 Å². The highest BCUT2D eigenvalue weighted by atomic mass is 16.5. The fourth-order valence-electron chi connectivity index (χ4n) is 2.60. The first kappa shape index (κ1) is 15.6. The lowest BCUT2D eigenvalue weighted by atomic mass is 10.0. The van der Waals surface area contributed by atoms with E-state index < -0.39 is 0 Å². The summed E-state index contributed by atoms with van der Waals surface area (Å²) in [5.41, 5.74) is 0.997. The van der Waals surface area contributed by atoms with Crippen molar-refractivity contribution in [1.82, 2.24) is 10.6 Å². The lowest BCUT2D eigenvalue weighted by Gasteiger charge is -2.25. The first-order valence-electron chi connectivity index (χ1n) is 7.41. The maximum Gasteiger partial charge on any atom is 0.237 e. The van der Waals surface area contributed by atoms with E-state index in [1.807, 2.05) is 25.1 Å². The molecule has 2 rings (SSSR count). The standard InChI is InChI=1S/C16H24N2O3/c1-11(18-16(19)13-6-4-5-9-17-13)12-7-8-14(20-2)15(10-12)21-3/h7-8,10-11,13,17H,4-6,9H2,1-3H3,(H,18,19)/t11?,13-/m1/s1. The molecule has 0 aliphatic carbocycles. The molecule has 1 heterocycles. The highest BCUT2D eigenvalue weighted by Crippen LogP contribution is 2.29. The van der Waals surface area contributed by atoms with Gasteiger partial charge >= 0.3 is 0 Å². The van der Waals surface area contributed by atoms with E-state index in [1.54, 1.807) is 14.2 Å². The first-order chi connectivity index (χ1) is 10.2. The quantitative estimate of drug-likeness (QED) is 0.872. The van der Waals surface area contributed by atoms with Gasteiger partial charge in [-0.25, -0.2) is 0 Å². The molecule has 1 aliphatic heterocycles. The lowest BCUT2D eigenvalue weighted by Crippen LogP contribution is -2.47. The minimum Gasteiger partial charge on any atom is -0.493 e. The Balaban J connectivity index is 2.02. The fraction of sp³-hybridized carbons (Fsp3) is 0.562. The number of hydrogen-bond acceptors (Lipinski definition) is 4. The zero-order valence-corrected chi connectivity index (χ0v) is 12.9. The van der Waals surface area contributed by atoms with Crippen molar-refractivity contribution >= 4 is 5.91 Å². The second-order valence-corrected chi connectivity index (χ2v) is 5.35. The molecule has 0 radical (unpaired) electrons. The topological polar surface area (TPSA) is 59.6 Å². The van der Waals surface area contributed by atoms with Crippen LogP contribution in [0.25, 0.3) is 0 Å². The Bertz CT molecular complexity index is 484. The van der Waals surface area contributed by atoms with Crippen LogP contribution in [0.1, 0.15) is 37.8 Å². The van der Waals surface area contributed by atoms with Gasteiger partial charge in [-0.2, -0.15) is 0 Å². The SMILES string of the molecule is COc1ccc(C(C)NC(=O)[C@H]2CCCCN2)cc1OC. The zero-order valence-electron chi connectivity index (χ0n) is 12.9. The molecular formula is C16H24N2O3. The third kappa shape index (κ3) is 3.88. The van der Waals surface area contributed by atoms with Crippen LogP contribution in [-0.4, -0.2) is 32.7 Å². The molecule has 21 heavy (non-hydrogen) atoms. The van der Waals surface area contributed by atoms with Gasteiger partial charge in [-0.3, -0.25) is 4.79 Å². The molecule has 2 atom stereocenters. The number of piperidine rings is 1. The van der Waals surface area contributed by atoms with Crippen molar-refractivity contribution < 1.29 is 14.3 Å². The highest BCUT2D eigenvalue weighted by Gasteiger charge is 2.22. The molecule has 2 N–H and O–H groups in total. The van der Waals surface area contributed by atoms with E-state index in [-0.39, 0.29) is 18.0 Å². The number of amides is 1. The Hall–Kier alpha value is -1.75. The largest absolute Gasteiger partial charge is 0.493 e. The predicted octanol–water partition coefficient (Wildman–Crippen LogP) is 2.02. The van der Waals surface area contributed by atoms with Crippen LogP contribution in [0.2, 0.25) is 0 Å². The number of carbonyl (C=O) groups is 1. The number of ether oxygens (including phenoxy) is 2. The number of hydrogen-bond donors (Lipinski definition) is 2. The van der Waals surface area contributed by atoms with Crippen LogP contribution in [0.5, 0.6) is 11.5 Å². The van der Waals surface area contributed by atoms with Crippen LogP contribution in [0.3, 0.4) is 0 Å². The van der Waals surface area contributed by atoms with E-state index in [0.717, 1.165) is 31.4 Å². The van der Waals surface area contributed by atoms with Crippen molar-refractivity contribution in [3.8, 4) is 11.5 Å². The Morgan fingerprint density at radius 2 is 2.05 bits per heavy atom. The van der Waals surface area contributed by atoms with Gasteiger partial charge in [0.2, 0.25) is 5.91 Å². The molecule has 0 saturated carbocycles. The van der Waals surface area contributed by atoms with Gasteiger partial charge in [0.05, 0.1) is 26.3 Å². The van der Waals surface area contributed by atoms with Crippen LogP contribution in [0, 0.1) is 0 Å². The number of methoxy groups -OCH3 is 2. The summed E-state index contributed by atoms with van der Waals surface area (Å²) in [5.74, 6) is 1.43. The minimum atomic E-state index is -0.0685. The van der Waals surface area contributed by atoms with Crippen LogP contribution in [0.15, 0.2) is 18.2 Å². The van der Waals surface area contributed by atoms with E-state index in [9.17, 15) is 4.79 Å². The fourth-order valence-corrected chi connectivity index (χ4v) is 2.60. The van der Waals surface area contributed by atoms with Gasteiger partial charge in [0.1, 0.15) is 0 Å². The van der Waals surface area contributed by atoms with Gasteiger partial charge in [-0.05, 0) is 44.0 Å². The van der Waals surface area contributed by atoms with Gasteiger partial charge in [-0.15, -0.1) is 0 Å². The highest BCUT2D eigenvalue weighted by molar-refractivity contribution is 5.82. The second-order valence-electron chi connectivity index (χ2n) is 5.35. The maximum atomic E-state index is 12.2. The predicted molar refractivity (Wildman–Crippen MR) is 81.7 cm³/mol. The van der Waals surface area contributed by atoms with Gasteiger partial charge < -0.3 is 20.1 Å². The lowest BCUT2D eigenvalue weighted by molar-refractivity contribution is -0.124. The molecule has 1 fully saturated rings. The number of carbonyl (C=O) groups excluding carboxylic acids is 1. The van der Waals surface area contributed by atoms with Crippen LogP contribution >= 0.6 is 0 Å². The van der Waals surface area contributed by atoms with Crippen molar-refractivity contribution in [1.29, 1.82) is 0 Å². The van der Waals surface area contributed by atoms with E-state index >= 15 is 0 Å². The molecule has 1 aliphatic rings. The normalized spacial score (nSPS) is 19.7. The Labute approximate surface area is 126 Å². The molecule has 0 aromatic heterocycles. The summed E-state index contributed by atoms with van der Waals surface area (Å²) in [7, 11) is 3.22. The summed E-state index contributed by atoms with van der Waals surface area (Å²) in [4.78, 5) is 12.2. The number of nitrogens with one attached hydrogen (secondary N) is 2. The molecule has 0 bridgehead atoms. The summed E-state index contributed by atoms with van der Waals surface area (Å²) < 4.78 is 10.5. The molecule has 5 nitrogen and oxygen atoms in total. The van der Waals surface area contributed by atoms with Crippen molar-refractivity contribution in [2.75, 3.05) is 20.8 Å². The van der Waals surface area contributed by atoms with Crippen LogP contribution in [-0.2, 0) is 4.79 Å². The molecule has 1 amide bonds. The number of benzene rings is 1. The van der Waals surface area contributed by atoms with E-state index in [1.165, 1.54) is 0 Å². The van der Waals surface area contributed by atoms with E-state index in [0.29, 0.717) is 11.5 Å². The summed E-state index contributed by atoms with van der Waals surface area (Å²) in [6.07, 6.45) is 3.16. The van der Waals surface area contributed by atoms with Crippen LogP contribution < -0.4 is 20.1 Å². The average molecular weight is 292 g/mol. The first-order valence-corrected chi connectivity index (χ1v) is 7.41. The zero-order chi connectivity index (χ0) is 15.2. The minimum absolute atomic E-state index is 0.0667. The van der Waals surface area contributed by atoms with E-state index in [4.69, 9.17) is 9.47 Å². The summed E-state index contributed by atoms with van der Waals surface area (Å²) in [6, 6.07) is 5.57. The van der Waals surface area contributed by atoms with Gasteiger partial charge in [-0.1, -0.05) is 12.5 Å². The summed E-state index contributed by atoms with van der Waals surface area (Å²) in [5, 5.41) is 6.32. The average Bonchev–Trinajstić information content (AvgIpc) is 2.54. The van der Waals surface area contributed by atoms with E-state index in [2.05, 4.69) is 10.6 Å². The smallest absolute Gasteiger partial charge is 0.237 e. The van der Waals surface area contributed by atoms with Gasteiger partial charge in [0.15, 0.2) is 11.5 Å². The molecule has 1 saturated heterocycles. The summed E-state index contributed by atoms with van der Waals surface area (Å²) in [6.45, 7) is 2.89. The van der Waals surface area contributed by atoms with Crippen LogP contribution in [0.4, 0.5) is 0 Å². The molecule has 116 valence electrons. The molecule has 0 spiro atoms. The molecule has 1 aromatic rings. The van der Waals surface area contributed by atoms with Crippen molar-refractivity contribution in [2.24, 2.45) is 0 Å². The third-order valence-electron chi connectivity index (χ3n) is 3.89. The Kier molecular flexibility index (Phi) is 5.44. The van der Waals surface area contributed by atoms with Crippen molar-refractivity contribution in [2.45, 2.75) is 38.3 Å². The number of rotatable bonds is 5. The maximum absolute atomic E-state index is 12.2. The third-order valence-corrected chi connectivity index (χ3v) is 3.89. The van der Waals surface area contributed by atoms with Gasteiger partial charge in [0.25, 0.3) is 0 Å². The summed E-state index contributed by atoms with van der Waals surface area (Å²) >= 11 is 0.